The number of hydrogen-bond acceptors (Lipinski definition) is 4. The molecule has 0 heterocycles. The Morgan fingerprint density at radius 1 is 1.19 bits per heavy atom. The average molecular weight is 351 g/mol. The van der Waals surface area contributed by atoms with E-state index < -0.39 is 0 Å². The molecule has 26 heavy (non-hydrogen) atoms. The number of methoxy groups -OCH3 is 1. The van der Waals surface area contributed by atoms with Crippen molar-refractivity contribution >= 4 is 17.5 Å². The Morgan fingerprint density at radius 2 is 1.92 bits per heavy atom. The van der Waals surface area contributed by atoms with Gasteiger partial charge in [0, 0.05) is 32.1 Å². The zero-order chi connectivity index (χ0) is 18.9. The van der Waals surface area contributed by atoms with E-state index in [0.717, 1.165) is 11.3 Å². The fourth-order valence-corrected chi connectivity index (χ4v) is 2.46. The molecule has 0 saturated carbocycles. The van der Waals surface area contributed by atoms with Gasteiger partial charge in [-0.2, -0.15) is 5.26 Å². The quantitative estimate of drug-likeness (QED) is 0.831. The van der Waals surface area contributed by atoms with Crippen molar-refractivity contribution in [1.29, 1.82) is 5.26 Å². The van der Waals surface area contributed by atoms with Crippen LogP contribution < -0.4 is 15.0 Å². The van der Waals surface area contributed by atoms with Crippen molar-refractivity contribution in [2.24, 2.45) is 0 Å². The van der Waals surface area contributed by atoms with Gasteiger partial charge in [0.05, 0.1) is 18.7 Å². The summed E-state index contributed by atoms with van der Waals surface area (Å²) in [7, 11) is 1.60. The number of nitrogens with zero attached hydrogens (tertiary/aromatic N) is 2. The van der Waals surface area contributed by atoms with Crippen LogP contribution in [0.25, 0.3) is 0 Å². The first-order valence-electron chi connectivity index (χ1n) is 8.21. The summed E-state index contributed by atoms with van der Waals surface area (Å²) in [6.45, 7) is 2.10. The van der Waals surface area contributed by atoms with Gasteiger partial charge in [-0.25, -0.2) is 0 Å². The van der Waals surface area contributed by atoms with E-state index in [1.165, 1.54) is 11.8 Å². The predicted octanol–water partition coefficient (Wildman–Crippen LogP) is 2.63. The van der Waals surface area contributed by atoms with Crippen LogP contribution in [0, 0.1) is 11.3 Å². The number of amides is 2. The van der Waals surface area contributed by atoms with Crippen LogP contribution in [0.4, 0.5) is 5.69 Å². The lowest BCUT2D eigenvalue weighted by Crippen LogP contribution is -2.33. The summed E-state index contributed by atoms with van der Waals surface area (Å²) in [4.78, 5) is 25.5. The molecule has 0 fully saturated rings. The lowest BCUT2D eigenvalue weighted by Gasteiger charge is -2.21. The smallest absolute Gasteiger partial charge is 0.223 e. The molecule has 0 unspecified atom stereocenters. The third kappa shape index (κ3) is 5.35. The minimum atomic E-state index is -0.178. The monoisotopic (exact) mass is 351 g/mol. The van der Waals surface area contributed by atoms with E-state index in [2.05, 4.69) is 5.32 Å². The third-order valence-electron chi connectivity index (χ3n) is 3.88. The van der Waals surface area contributed by atoms with Gasteiger partial charge in [0.2, 0.25) is 11.8 Å². The van der Waals surface area contributed by atoms with Crippen LogP contribution >= 0.6 is 0 Å². The molecule has 0 bridgehead atoms. The number of carbonyl (C=O) groups excluding carboxylic acids is 2. The van der Waals surface area contributed by atoms with Gasteiger partial charge >= 0.3 is 0 Å². The minimum Gasteiger partial charge on any atom is -0.497 e. The molecule has 0 aliphatic carbocycles. The maximum Gasteiger partial charge on any atom is 0.223 e. The molecule has 2 rings (SSSR count). The molecule has 2 amide bonds. The number of anilines is 1. The van der Waals surface area contributed by atoms with E-state index in [1.807, 2.05) is 30.3 Å². The van der Waals surface area contributed by atoms with Crippen molar-refractivity contribution in [3.8, 4) is 11.8 Å². The maximum atomic E-state index is 12.1. The number of nitrogens with one attached hydrogen (secondary N) is 1. The highest BCUT2D eigenvalue weighted by Gasteiger charge is 2.14. The number of benzene rings is 2. The molecule has 0 aliphatic rings. The highest BCUT2D eigenvalue weighted by molar-refractivity contribution is 5.92. The summed E-state index contributed by atoms with van der Waals surface area (Å²) >= 11 is 0. The first-order chi connectivity index (χ1) is 12.5. The summed E-state index contributed by atoms with van der Waals surface area (Å²) in [6, 6.07) is 16.3. The summed E-state index contributed by atoms with van der Waals surface area (Å²) in [5.41, 5.74) is 2.04. The normalized spacial score (nSPS) is 9.88. The molecular weight excluding hydrogens is 330 g/mol. The van der Waals surface area contributed by atoms with Crippen LogP contribution in [0.3, 0.4) is 0 Å². The van der Waals surface area contributed by atoms with Crippen LogP contribution in [0.5, 0.6) is 5.75 Å². The second kappa shape index (κ2) is 9.23. The highest BCUT2D eigenvalue weighted by atomic mass is 16.5. The molecule has 0 radical (unpaired) electrons. The number of nitriles is 1. The van der Waals surface area contributed by atoms with Crippen molar-refractivity contribution < 1.29 is 14.3 Å². The molecule has 2 aromatic rings. The molecule has 0 aliphatic heterocycles. The van der Waals surface area contributed by atoms with Gasteiger partial charge < -0.3 is 15.0 Å². The Kier molecular flexibility index (Phi) is 6.75. The zero-order valence-corrected chi connectivity index (χ0v) is 14.9. The van der Waals surface area contributed by atoms with Gasteiger partial charge in [0.25, 0.3) is 0 Å². The molecule has 6 nitrogen and oxygen atoms in total. The SMILES string of the molecule is COc1ccc(CNC(=O)CCN(C(C)=O)c2cccc(C#N)c2)cc1. The summed E-state index contributed by atoms with van der Waals surface area (Å²) in [6.07, 6.45) is 0.173. The Hall–Kier alpha value is -3.33. The summed E-state index contributed by atoms with van der Waals surface area (Å²) in [5, 5.41) is 11.8. The van der Waals surface area contributed by atoms with Crippen LogP contribution in [0.1, 0.15) is 24.5 Å². The standard InChI is InChI=1S/C20H21N3O3/c1-15(24)23(18-5-3-4-17(12-18)13-21)11-10-20(25)22-14-16-6-8-19(26-2)9-7-16/h3-9,12H,10-11,14H2,1-2H3,(H,22,25). The Bertz CT molecular complexity index is 810. The van der Waals surface area contributed by atoms with Gasteiger partial charge in [0.15, 0.2) is 0 Å². The third-order valence-corrected chi connectivity index (χ3v) is 3.88. The minimum absolute atomic E-state index is 0.150. The lowest BCUT2D eigenvalue weighted by molar-refractivity contribution is -0.121. The first kappa shape index (κ1) is 19.0. The number of hydrogen-bond donors (Lipinski definition) is 1. The molecule has 2 aromatic carbocycles. The van der Waals surface area contributed by atoms with Gasteiger partial charge in [-0.15, -0.1) is 0 Å². The van der Waals surface area contributed by atoms with E-state index in [1.54, 1.807) is 31.4 Å². The molecule has 0 atom stereocenters. The summed E-state index contributed by atoms with van der Waals surface area (Å²) < 4.78 is 5.10. The molecule has 1 N–H and O–H groups in total. The van der Waals surface area contributed by atoms with E-state index in [4.69, 9.17) is 10.00 Å². The van der Waals surface area contributed by atoms with Crippen LogP contribution in [0.15, 0.2) is 48.5 Å². The molecule has 0 saturated heterocycles. The van der Waals surface area contributed by atoms with E-state index >= 15 is 0 Å². The molecule has 0 aromatic heterocycles. The van der Waals surface area contributed by atoms with Gasteiger partial charge in [-0.05, 0) is 35.9 Å². The first-order valence-corrected chi connectivity index (χ1v) is 8.21. The predicted molar refractivity (Wildman–Crippen MR) is 98.6 cm³/mol. The largest absolute Gasteiger partial charge is 0.497 e. The van der Waals surface area contributed by atoms with Gasteiger partial charge in [-0.3, -0.25) is 9.59 Å². The maximum absolute atomic E-state index is 12.1. The lowest BCUT2D eigenvalue weighted by atomic mass is 10.2. The molecule has 134 valence electrons. The van der Waals surface area contributed by atoms with Crippen molar-refractivity contribution in [1.82, 2.24) is 5.32 Å². The summed E-state index contributed by atoms with van der Waals surface area (Å²) in [5.74, 6) is 0.434. The number of ether oxygens (including phenoxy) is 1. The van der Waals surface area contributed by atoms with E-state index in [0.29, 0.717) is 17.8 Å². The molecule has 6 heteroatoms. The van der Waals surface area contributed by atoms with Gasteiger partial charge in [-0.1, -0.05) is 18.2 Å². The molecule has 0 spiro atoms. The Labute approximate surface area is 153 Å². The number of carbonyl (C=O) groups is 2. The van der Waals surface area contributed by atoms with E-state index in [-0.39, 0.29) is 24.8 Å². The average Bonchev–Trinajstić information content (AvgIpc) is 2.66. The fraction of sp³-hybridized carbons (Fsp3) is 0.250. The molecular formula is C20H21N3O3. The topological polar surface area (TPSA) is 82.4 Å². The highest BCUT2D eigenvalue weighted by Crippen LogP contribution is 2.16. The zero-order valence-electron chi connectivity index (χ0n) is 14.9. The van der Waals surface area contributed by atoms with Crippen molar-refractivity contribution in [2.45, 2.75) is 19.9 Å². The van der Waals surface area contributed by atoms with Crippen molar-refractivity contribution in [3.63, 3.8) is 0 Å². The number of rotatable bonds is 7. The fourth-order valence-electron chi connectivity index (χ4n) is 2.46. The second-order valence-corrected chi connectivity index (χ2v) is 5.71. The van der Waals surface area contributed by atoms with E-state index in [9.17, 15) is 9.59 Å². The second-order valence-electron chi connectivity index (χ2n) is 5.71. The van der Waals surface area contributed by atoms with Crippen LogP contribution in [-0.4, -0.2) is 25.5 Å². The van der Waals surface area contributed by atoms with Crippen LogP contribution in [0.2, 0.25) is 0 Å². The Balaban J connectivity index is 1.90. The van der Waals surface area contributed by atoms with Crippen molar-refractivity contribution in [3.05, 3.63) is 59.7 Å². The van der Waals surface area contributed by atoms with Crippen LogP contribution in [-0.2, 0) is 16.1 Å². The van der Waals surface area contributed by atoms with Crippen molar-refractivity contribution in [2.75, 3.05) is 18.6 Å². The van der Waals surface area contributed by atoms with Gasteiger partial charge in [0.1, 0.15) is 5.75 Å². The Morgan fingerprint density at radius 3 is 2.54 bits per heavy atom.